The smallest absolute Gasteiger partial charge is 0.339 e. The van der Waals surface area contributed by atoms with E-state index in [2.05, 4.69) is 5.32 Å². The van der Waals surface area contributed by atoms with Gasteiger partial charge in [0.1, 0.15) is 11.4 Å². The van der Waals surface area contributed by atoms with Crippen LogP contribution in [0.25, 0.3) is 6.08 Å². The number of nitrogens with zero attached hydrogens (tertiary/aromatic N) is 2. The number of methoxy groups -OCH3 is 1. The predicted molar refractivity (Wildman–Crippen MR) is 154 cm³/mol. The molecule has 1 fully saturated rings. The van der Waals surface area contributed by atoms with E-state index in [0.29, 0.717) is 26.6 Å². The van der Waals surface area contributed by atoms with Crippen LogP contribution in [0.5, 0.6) is 11.5 Å². The Balaban J connectivity index is 1.53. The second-order valence-electron chi connectivity index (χ2n) is 8.00. The van der Waals surface area contributed by atoms with Crippen LogP contribution in [0, 0.1) is 13.7 Å². The van der Waals surface area contributed by atoms with Gasteiger partial charge in [-0.3, -0.25) is 29.4 Å². The van der Waals surface area contributed by atoms with Gasteiger partial charge in [0.15, 0.2) is 11.5 Å². The number of benzene rings is 3. The molecule has 40 heavy (non-hydrogen) atoms. The van der Waals surface area contributed by atoms with Gasteiger partial charge in [-0.05, 0) is 82.4 Å². The number of ether oxygens (including phenoxy) is 1. The van der Waals surface area contributed by atoms with Crippen molar-refractivity contribution in [3.63, 3.8) is 0 Å². The van der Waals surface area contributed by atoms with Gasteiger partial charge in [-0.25, -0.2) is 0 Å². The van der Waals surface area contributed by atoms with Crippen LogP contribution in [0.15, 0.2) is 76.5 Å². The number of halogens is 1. The van der Waals surface area contributed by atoms with Crippen LogP contribution in [0.2, 0.25) is 0 Å². The molecule has 3 amide bonds. The summed E-state index contributed by atoms with van der Waals surface area (Å²) in [4.78, 5) is 48.5. The molecule has 0 bridgehead atoms. The summed E-state index contributed by atoms with van der Waals surface area (Å²) in [5, 5.41) is 12.9. The molecule has 15 heteroatoms. The highest BCUT2D eigenvalue weighted by Gasteiger charge is 2.36. The van der Waals surface area contributed by atoms with Crippen LogP contribution >= 0.6 is 34.4 Å². The summed E-state index contributed by atoms with van der Waals surface area (Å²) in [5.74, 6) is -1.32. The molecule has 1 aliphatic heterocycles. The van der Waals surface area contributed by atoms with Gasteiger partial charge in [-0.1, -0.05) is 18.2 Å². The van der Waals surface area contributed by atoms with Gasteiger partial charge in [-0.15, -0.1) is 0 Å². The van der Waals surface area contributed by atoms with Gasteiger partial charge in [0, 0.05) is 17.8 Å². The first kappa shape index (κ1) is 29.0. The van der Waals surface area contributed by atoms with Gasteiger partial charge < -0.3 is 14.2 Å². The van der Waals surface area contributed by atoms with Crippen LogP contribution in [0.3, 0.4) is 0 Å². The van der Waals surface area contributed by atoms with Crippen molar-refractivity contribution in [2.45, 2.75) is 4.90 Å². The second-order valence-corrected chi connectivity index (χ2v) is 11.7. The number of thioether (sulfide) groups is 1. The Morgan fingerprint density at radius 1 is 1.12 bits per heavy atom. The molecule has 1 aliphatic rings. The van der Waals surface area contributed by atoms with Gasteiger partial charge in [0.25, 0.3) is 16.8 Å². The van der Waals surface area contributed by atoms with Crippen molar-refractivity contribution in [2.24, 2.45) is 0 Å². The zero-order chi connectivity index (χ0) is 29.0. The van der Waals surface area contributed by atoms with E-state index < -0.39 is 38.6 Å². The third-order valence-electron chi connectivity index (χ3n) is 5.31. The molecule has 1 heterocycles. The molecule has 0 radical (unpaired) electrons. The fourth-order valence-corrected chi connectivity index (χ4v) is 6.13. The summed E-state index contributed by atoms with van der Waals surface area (Å²) in [6.07, 6.45) is 1.42. The maximum Gasteiger partial charge on any atom is 0.339 e. The first-order valence-electron chi connectivity index (χ1n) is 11.2. The fourth-order valence-electron chi connectivity index (χ4n) is 3.45. The molecule has 206 valence electrons. The SMILES string of the molecule is COc1cc(/C=C2\SC(=O)N(CC(=O)Nc3ccccc3)C2=O)cc(I)c1OS(=O)(=O)c1ccc([N+](=O)[O-])cc1. The Morgan fingerprint density at radius 2 is 1.80 bits per heavy atom. The second kappa shape index (κ2) is 12.1. The van der Waals surface area contributed by atoms with Crippen molar-refractivity contribution in [3.05, 3.63) is 90.9 Å². The number of nitro benzene ring substituents is 1. The molecule has 12 nitrogen and oxygen atoms in total. The number of amides is 3. The number of nitro groups is 1. The molecule has 3 aromatic rings. The third kappa shape index (κ3) is 6.60. The van der Waals surface area contributed by atoms with Crippen molar-refractivity contribution in [1.82, 2.24) is 4.90 Å². The molecule has 0 aromatic heterocycles. The number of hydrogen-bond donors (Lipinski definition) is 1. The molecule has 1 saturated heterocycles. The molecule has 0 spiro atoms. The molecule has 3 aromatic carbocycles. The zero-order valence-corrected chi connectivity index (χ0v) is 24.2. The molecule has 0 atom stereocenters. The number of anilines is 1. The number of imide groups is 1. The van der Waals surface area contributed by atoms with Crippen LogP contribution in [-0.4, -0.2) is 48.9 Å². The lowest BCUT2D eigenvalue weighted by atomic mass is 10.2. The quantitative estimate of drug-likeness (QED) is 0.110. The average molecular weight is 695 g/mol. The maximum absolute atomic E-state index is 12.9. The average Bonchev–Trinajstić information content (AvgIpc) is 3.17. The number of carbonyl (C=O) groups excluding carboxylic acids is 3. The van der Waals surface area contributed by atoms with Crippen molar-refractivity contribution in [3.8, 4) is 11.5 Å². The van der Waals surface area contributed by atoms with Crippen LogP contribution < -0.4 is 14.2 Å². The van der Waals surface area contributed by atoms with Crippen molar-refractivity contribution in [2.75, 3.05) is 19.0 Å². The number of carbonyl (C=O) groups is 3. The number of para-hydroxylation sites is 1. The van der Waals surface area contributed by atoms with Crippen LogP contribution in [0.1, 0.15) is 5.56 Å². The fraction of sp³-hybridized carbons (Fsp3) is 0.0800. The lowest BCUT2D eigenvalue weighted by molar-refractivity contribution is -0.384. The van der Waals surface area contributed by atoms with E-state index in [4.69, 9.17) is 8.92 Å². The monoisotopic (exact) mass is 695 g/mol. The van der Waals surface area contributed by atoms with Gasteiger partial charge in [0.05, 0.1) is 20.5 Å². The van der Waals surface area contributed by atoms with Gasteiger partial charge in [0.2, 0.25) is 5.91 Å². The first-order chi connectivity index (χ1) is 19.0. The first-order valence-corrected chi connectivity index (χ1v) is 14.5. The number of nitrogens with one attached hydrogen (secondary N) is 1. The minimum absolute atomic E-state index is 0.0186. The number of hydrogen-bond acceptors (Lipinski definition) is 10. The van der Waals surface area contributed by atoms with Crippen molar-refractivity contribution >= 4 is 79.0 Å². The van der Waals surface area contributed by atoms with E-state index in [-0.39, 0.29) is 27.0 Å². The van der Waals surface area contributed by atoms with E-state index in [1.807, 2.05) is 22.6 Å². The minimum atomic E-state index is -4.37. The lowest BCUT2D eigenvalue weighted by Crippen LogP contribution is -2.36. The zero-order valence-electron chi connectivity index (χ0n) is 20.4. The van der Waals surface area contributed by atoms with Crippen LogP contribution in [-0.2, 0) is 19.7 Å². The van der Waals surface area contributed by atoms with Crippen molar-refractivity contribution in [1.29, 1.82) is 0 Å². The highest BCUT2D eigenvalue weighted by atomic mass is 127. The summed E-state index contributed by atoms with van der Waals surface area (Å²) in [6, 6.07) is 15.7. The topological polar surface area (TPSA) is 162 Å². The molecule has 1 N–H and O–H groups in total. The summed E-state index contributed by atoms with van der Waals surface area (Å²) in [7, 11) is -3.08. The normalized spacial score (nSPS) is 14.3. The van der Waals surface area contributed by atoms with Gasteiger partial charge >= 0.3 is 10.1 Å². The lowest BCUT2D eigenvalue weighted by Gasteiger charge is -2.14. The number of rotatable bonds is 9. The minimum Gasteiger partial charge on any atom is -0.493 e. The van der Waals surface area contributed by atoms with E-state index in [9.17, 15) is 32.9 Å². The summed E-state index contributed by atoms with van der Waals surface area (Å²) >= 11 is 2.48. The summed E-state index contributed by atoms with van der Waals surface area (Å²) in [6.45, 7) is -0.467. The predicted octanol–water partition coefficient (Wildman–Crippen LogP) is 4.65. The Labute approximate surface area is 245 Å². The largest absolute Gasteiger partial charge is 0.493 e. The van der Waals surface area contributed by atoms with Crippen molar-refractivity contribution < 1.29 is 36.6 Å². The Bertz CT molecular complexity index is 1640. The standard InChI is InChI=1S/C25H18IN3O9S2/c1-37-20-12-15(11-19(26)23(20)38-40(35,36)18-9-7-17(8-10-18)29(33)34)13-21-24(31)28(25(32)39-21)14-22(30)27-16-5-3-2-4-6-16/h2-13H,14H2,1H3,(H,27,30)/b21-13-. The molecule has 0 aliphatic carbocycles. The third-order valence-corrected chi connectivity index (χ3v) is 8.26. The maximum atomic E-state index is 12.9. The highest BCUT2D eigenvalue weighted by Crippen LogP contribution is 2.38. The Hall–Kier alpha value is -3.96. The molecule has 0 unspecified atom stereocenters. The summed E-state index contributed by atoms with van der Waals surface area (Å²) in [5.41, 5.74) is 0.645. The highest BCUT2D eigenvalue weighted by molar-refractivity contribution is 14.1. The molecule has 4 rings (SSSR count). The molecule has 0 saturated carbocycles. The summed E-state index contributed by atoms with van der Waals surface area (Å²) < 4.78 is 36.5. The van der Waals surface area contributed by atoms with E-state index >= 15 is 0 Å². The Morgan fingerprint density at radius 3 is 2.42 bits per heavy atom. The van der Waals surface area contributed by atoms with E-state index in [0.717, 1.165) is 29.2 Å². The van der Waals surface area contributed by atoms with Gasteiger partial charge in [-0.2, -0.15) is 8.42 Å². The Kier molecular flexibility index (Phi) is 8.75. The van der Waals surface area contributed by atoms with E-state index in [1.54, 1.807) is 30.3 Å². The molecular weight excluding hydrogens is 677 g/mol. The van der Waals surface area contributed by atoms with Crippen LogP contribution in [0.4, 0.5) is 16.2 Å². The number of non-ortho nitro benzene ring substituents is 1. The molecular formula is C25H18IN3O9S2. The van der Waals surface area contributed by atoms with E-state index in [1.165, 1.54) is 25.3 Å².